The number of rotatable bonds is 15. The third kappa shape index (κ3) is 14.1. The van der Waals surface area contributed by atoms with Crippen LogP contribution in [0.25, 0.3) is 83.6 Å². The molecular formula is C85H64O13. The number of hydrogen-bond donors (Lipinski definition) is 0. The molecule has 0 aromatic heterocycles. The molecular weight excluding hydrogens is 1230 g/mol. The van der Waals surface area contributed by atoms with Gasteiger partial charge in [-0.2, -0.15) is 0 Å². The fraction of sp³-hybridized carbons (Fsp3) is 0.0824. The van der Waals surface area contributed by atoms with Crippen molar-refractivity contribution in [1.29, 1.82) is 0 Å². The molecule has 0 amide bonds. The van der Waals surface area contributed by atoms with E-state index < -0.39 is 17.9 Å². The Hall–Kier alpha value is -12.6. The average molecular weight is 1290 g/mol. The molecule has 98 heavy (non-hydrogen) atoms. The Labute approximate surface area is 565 Å². The van der Waals surface area contributed by atoms with Crippen LogP contribution < -0.4 is 0 Å². The molecule has 5 aliphatic rings. The van der Waals surface area contributed by atoms with E-state index in [-0.39, 0.29) is 47.9 Å². The molecule has 0 unspecified atom stereocenters. The molecule has 0 heterocycles. The Morgan fingerprint density at radius 3 is 1.09 bits per heavy atom. The van der Waals surface area contributed by atoms with Crippen LogP contribution in [0.15, 0.2) is 273 Å². The predicted molar refractivity (Wildman–Crippen MR) is 386 cm³/mol. The van der Waals surface area contributed by atoms with Crippen molar-refractivity contribution >= 4 is 130 Å². The number of allylic oxidation sites excluding steroid dienone is 2. The maximum atomic E-state index is 12.5. The first-order chi connectivity index (χ1) is 47.5. The fourth-order valence-corrected chi connectivity index (χ4v) is 12.0. The van der Waals surface area contributed by atoms with Crippen molar-refractivity contribution < 1.29 is 62.0 Å². The maximum Gasteiger partial charge on any atom is 0.338 e. The molecule has 0 spiro atoms. The Morgan fingerprint density at radius 1 is 0.367 bits per heavy atom. The number of Topliss-reactive ketones (excluding diaryl/α,β-unsaturated/α-hetero) is 3. The number of ether oxygens (including phenoxy) is 5. The van der Waals surface area contributed by atoms with Gasteiger partial charge in [-0.3, -0.25) is 24.0 Å². The quantitative estimate of drug-likeness (QED) is 0.0311. The van der Waals surface area contributed by atoms with Gasteiger partial charge in [0, 0.05) is 112 Å². The van der Waals surface area contributed by atoms with Crippen molar-refractivity contribution in [2.24, 2.45) is 0 Å². The number of ketones is 5. The average Bonchev–Trinajstić information content (AvgIpc) is 0.812. The minimum atomic E-state index is -0.532. The van der Waals surface area contributed by atoms with Gasteiger partial charge in [-0.15, -0.1) is 6.58 Å². The fourth-order valence-electron chi connectivity index (χ4n) is 12.0. The van der Waals surface area contributed by atoms with Gasteiger partial charge in [0.2, 0.25) is 0 Å². The topological polar surface area (TPSA) is 183 Å². The van der Waals surface area contributed by atoms with Crippen molar-refractivity contribution in [3.63, 3.8) is 0 Å². The summed E-state index contributed by atoms with van der Waals surface area (Å²) in [6.07, 6.45) is 12.9. The van der Waals surface area contributed by atoms with E-state index in [4.69, 9.17) is 23.7 Å². The van der Waals surface area contributed by atoms with Crippen molar-refractivity contribution in [3.05, 3.63) is 329 Å². The lowest BCUT2D eigenvalue weighted by atomic mass is 9.88. The lowest BCUT2D eigenvalue weighted by Gasteiger charge is -2.17. The maximum absolute atomic E-state index is 12.5. The largest absolute Gasteiger partial charge is 0.489 e. The van der Waals surface area contributed by atoms with Crippen LogP contribution in [0.5, 0.6) is 0 Å². The third-order valence-electron chi connectivity index (χ3n) is 16.4. The van der Waals surface area contributed by atoms with E-state index in [0.717, 1.165) is 98.9 Å². The summed E-state index contributed by atoms with van der Waals surface area (Å²) in [4.78, 5) is 95.8. The van der Waals surface area contributed by atoms with Crippen molar-refractivity contribution in [3.8, 4) is 0 Å². The van der Waals surface area contributed by atoms with Crippen molar-refractivity contribution in [2.75, 3.05) is 33.0 Å². The van der Waals surface area contributed by atoms with Gasteiger partial charge in [0.15, 0.2) is 28.9 Å². The van der Waals surface area contributed by atoms with Crippen molar-refractivity contribution in [1.82, 2.24) is 0 Å². The van der Waals surface area contributed by atoms with Gasteiger partial charge in [0.25, 0.3) is 0 Å². The van der Waals surface area contributed by atoms with E-state index in [0.29, 0.717) is 70.1 Å². The van der Waals surface area contributed by atoms with Crippen molar-refractivity contribution in [2.45, 2.75) is 13.8 Å². The molecule has 0 atom stereocenters. The normalized spacial score (nSPS) is 13.2. The zero-order valence-corrected chi connectivity index (χ0v) is 53.8. The number of benzene rings is 10. The van der Waals surface area contributed by atoms with E-state index >= 15 is 0 Å². The molecule has 5 aliphatic carbocycles. The van der Waals surface area contributed by atoms with Gasteiger partial charge in [-0.05, 0) is 75.7 Å². The molecule has 0 saturated heterocycles. The number of carbonyl (C=O) groups excluding carboxylic acids is 8. The van der Waals surface area contributed by atoms with Crippen LogP contribution in [0.4, 0.5) is 0 Å². The van der Waals surface area contributed by atoms with E-state index in [9.17, 15) is 38.4 Å². The van der Waals surface area contributed by atoms with Crippen LogP contribution in [0.1, 0.15) is 93.5 Å². The Balaban J connectivity index is 0.000000124. The highest BCUT2D eigenvalue weighted by Gasteiger charge is 2.27. The zero-order valence-electron chi connectivity index (χ0n) is 53.8. The summed E-state index contributed by atoms with van der Waals surface area (Å²) in [6, 6.07) is 57.9. The van der Waals surface area contributed by atoms with Crippen LogP contribution in [0, 0.1) is 0 Å². The second-order valence-electron chi connectivity index (χ2n) is 23.2. The Morgan fingerprint density at radius 2 is 0.704 bits per heavy atom. The van der Waals surface area contributed by atoms with E-state index in [2.05, 4.69) is 32.9 Å². The van der Waals surface area contributed by atoms with E-state index in [1.807, 2.05) is 176 Å². The molecule has 482 valence electrons. The highest BCUT2D eigenvalue weighted by atomic mass is 16.5. The summed E-state index contributed by atoms with van der Waals surface area (Å²) in [5.41, 5.74) is 10.5. The summed E-state index contributed by atoms with van der Waals surface area (Å²) < 4.78 is 26.3. The molecule has 0 radical (unpaired) electrons. The van der Waals surface area contributed by atoms with Crippen LogP contribution in [-0.2, 0) is 38.1 Å². The second kappa shape index (κ2) is 29.8. The molecule has 0 N–H and O–H groups in total. The minimum Gasteiger partial charge on any atom is -0.489 e. The molecule has 0 aliphatic heterocycles. The van der Waals surface area contributed by atoms with Gasteiger partial charge >= 0.3 is 17.9 Å². The molecule has 10 aromatic rings. The Bertz CT molecular complexity index is 5250. The van der Waals surface area contributed by atoms with E-state index in [1.54, 1.807) is 56.4 Å². The highest BCUT2D eigenvalue weighted by molar-refractivity contribution is 6.26. The summed E-state index contributed by atoms with van der Waals surface area (Å²) in [7, 11) is 0. The second-order valence-corrected chi connectivity index (χ2v) is 23.2. The van der Waals surface area contributed by atoms with Crippen LogP contribution >= 0.6 is 0 Å². The van der Waals surface area contributed by atoms with Gasteiger partial charge in [0.1, 0.15) is 31.3 Å². The number of esters is 3. The summed E-state index contributed by atoms with van der Waals surface area (Å²) in [6.45, 7) is 21.9. The molecule has 13 heteroatoms. The number of hydrogen-bond acceptors (Lipinski definition) is 13. The van der Waals surface area contributed by atoms with Gasteiger partial charge in [0.05, 0.1) is 13.2 Å². The van der Waals surface area contributed by atoms with Gasteiger partial charge in [-0.1, -0.05) is 220 Å². The third-order valence-corrected chi connectivity index (χ3v) is 16.4. The summed E-state index contributed by atoms with van der Waals surface area (Å²) in [5, 5.41) is 9.95. The molecule has 0 saturated carbocycles. The minimum absolute atomic E-state index is 0.00152. The first-order valence-corrected chi connectivity index (χ1v) is 31.3. The molecule has 15 rings (SSSR count). The smallest absolute Gasteiger partial charge is 0.338 e. The highest BCUT2D eigenvalue weighted by Crippen LogP contribution is 2.38. The lowest BCUT2D eigenvalue weighted by Crippen LogP contribution is -2.16. The zero-order chi connectivity index (χ0) is 69.1. The van der Waals surface area contributed by atoms with Gasteiger partial charge in [-0.25, -0.2) is 14.4 Å². The van der Waals surface area contributed by atoms with Gasteiger partial charge < -0.3 is 23.7 Å². The number of carbonyl (C=O) groups is 8. The van der Waals surface area contributed by atoms with Crippen LogP contribution in [0.2, 0.25) is 0 Å². The summed E-state index contributed by atoms with van der Waals surface area (Å²) in [5.74, 6) is -0.904. The predicted octanol–water partition coefficient (Wildman–Crippen LogP) is 17.4. The molecule has 13 nitrogen and oxygen atoms in total. The Kier molecular flexibility index (Phi) is 20.3. The van der Waals surface area contributed by atoms with E-state index in [1.165, 1.54) is 6.08 Å². The first kappa shape index (κ1) is 66.9. The summed E-state index contributed by atoms with van der Waals surface area (Å²) >= 11 is 0. The first-order valence-electron chi connectivity index (χ1n) is 31.3. The lowest BCUT2D eigenvalue weighted by molar-refractivity contribution is -0.138. The SMILES string of the molecule is C=C(C)C(=O)OC1=CC(=O)c2cccc3cccc1c23.C=C(C)C(=O)OCC1=Cc2cccc3cccc(c23)C1=O.C=CC(=O)OCC1=Cc2cccc3cccc(c23)C1=O.C=CCOC1=CC(=O)c2cccc3cccc1c23.C=CCOCC1=Cc2cccc3cccc(c23)C1=O. The molecule has 0 bridgehead atoms. The monoisotopic (exact) mass is 1290 g/mol. The molecule has 0 fully saturated rings. The molecule has 10 aromatic carbocycles. The van der Waals surface area contributed by atoms with Crippen LogP contribution in [-0.4, -0.2) is 79.9 Å². The standard InChI is InChI=1S/C18H14O3.2C17H12O3.C17H14O2.C16H12O2/c1-11(2)18(20)21-10-14-9-13-7-3-5-12-6-4-8-15(16(12)13)17(14)19;1-10(2)17(19)20-15-9-14(18)12-7-3-5-11-6-4-8-13(15)16(11)12;1-2-15(18)20-10-13-9-12-7-3-5-11-6-4-8-14(16(11)12)17(13)19;1-2-9-19-11-14-10-13-7-3-5-12-6-4-8-15(16(12)13)17(14)18;1-2-9-18-15-10-14(17)12-7-3-5-11-6-4-8-13(15)16(11)12/h3-9H,1,10H2,2H3;3-9H,1H2,2H3;2-9H,1,10H2;2-8,10H,1,9,11H2;2-8,10H,1,9H2. The van der Waals surface area contributed by atoms with Crippen LogP contribution in [0.3, 0.4) is 0 Å².